The maximum absolute atomic E-state index is 12.5. The molecule has 0 unspecified atom stereocenters. The van der Waals surface area contributed by atoms with Crippen molar-refractivity contribution in [2.75, 3.05) is 37.9 Å². The van der Waals surface area contributed by atoms with E-state index in [9.17, 15) is 10.2 Å². The molecule has 2 aliphatic heterocycles. The van der Waals surface area contributed by atoms with Gasteiger partial charge in [-0.15, -0.1) is 35.6 Å². The summed E-state index contributed by atoms with van der Waals surface area (Å²) in [6.45, 7) is 3.58. The maximum Gasteiger partial charge on any atom is 0.165 e. The Morgan fingerprint density at radius 3 is 2.56 bits per heavy atom. The fourth-order valence-electron chi connectivity index (χ4n) is 7.49. The minimum Gasteiger partial charge on any atom is -0.504 e. The molecule has 1 spiro atoms. The molecule has 3 aliphatic carbocycles. The van der Waals surface area contributed by atoms with E-state index in [1.165, 1.54) is 18.4 Å². The Kier molecular flexibility index (Phi) is 6.09. The SMILES string of the molecule is Cl.Oc1ccc2c3c1O[C@H]1[C@H](N(CCCl)CCCl)CC[C@@]4(O)[C@@H](C2)N(CC2CC2)CC[C@]314. The Labute approximate surface area is 206 Å². The van der Waals surface area contributed by atoms with Gasteiger partial charge in [-0.1, -0.05) is 6.07 Å². The summed E-state index contributed by atoms with van der Waals surface area (Å²) in [6.07, 6.45) is 5.76. The number of aromatic hydroxyl groups is 1. The van der Waals surface area contributed by atoms with Crippen molar-refractivity contribution in [3.63, 3.8) is 0 Å². The Balaban J connectivity index is 0.00000216. The van der Waals surface area contributed by atoms with Crippen LogP contribution in [0.4, 0.5) is 0 Å². The molecule has 1 saturated heterocycles. The topological polar surface area (TPSA) is 56.2 Å². The lowest BCUT2D eigenvalue weighted by Gasteiger charge is -2.65. The summed E-state index contributed by atoms with van der Waals surface area (Å²) >= 11 is 12.3. The first-order valence-electron chi connectivity index (χ1n) is 11.9. The fraction of sp³-hybridized carbons (Fsp3) is 0.750. The average Bonchev–Trinajstić information content (AvgIpc) is 3.49. The number of phenols is 1. The number of halogens is 3. The van der Waals surface area contributed by atoms with Crippen LogP contribution in [0.25, 0.3) is 0 Å². The lowest BCUT2D eigenvalue weighted by molar-refractivity contribution is -0.200. The van der Waals surface area contributed by atoms with Gasteiger partial charge < -0.3 is 14.9 Å². The van der Waals surface area contributed by atoms with E-state index in [4.69, 9.17) is 27.9 Å². The van der Waals surface area contributed by atoms with Crippen molar-refractivity contribution < 1.29 is 14.9 Å². The summed E-state index contributed by atoms with van der Waals surface area (Å²) in [7, 11) is 0. The molecule has 2 heterocycles. The average molecular weight is 504 g/mol. The van der Waals surface area contributed by atoms with E-state index in [0.717, 1.165) is 63.3 Å². The largest absolute Gasteiger partial charge is 0.504 e. The van der Waals surface area contributed by atoms with Crippen LogP contribution in [0.1, 0.15) is 43.2 Å². The molecule has 2 bridgehead atoms. The van der Waals surface area contributed by atoms with Gasteiger partial charge in [0.15, 0.2) is 11.5 Å². The third-order valence-electron chi connectivity index (χ3n) is 8.94. The van der Waals surface area contributed by atoms with E-state index in [1.807, 2.05) is 0 Å². The number of alkyl halides is 2. The molecule has 5 aliphatic rings. The molecule has 1 aromatic carbocycles. The summed E-state index contributed by atoms with van der Waals surface area (Å²) in [5.41, 5.74) is 1.02. The number of hydrogen-bond acceptors (Lipinski definition) is 5. The lowest BCUT2D eigenvalue weighted by Crippen LogP contribution is -2.78. The number of rotatable bonds is 7. The molecule has 5 nitrogen and oxygen atoms in total. The molecule has 0 amide bonds. The van der Waals surface area contributed by atoms with E-state index >= 15 is 0 Å². The molecule has 178 valence electrons. The van der Waals surface area contributed by atoms with E-state index in [2.05, 4.69) is 15.9 Å². The maximum atomic E-state index is 12.5. The molecule has 2 N–H and O–H groups in total. The zero-order chi connectivity index (χ0) is 21.4. The summed E-state index contributed by atoms with van der Waals surface area (Å²) in [5, 5.41) is 23.2. The number of piperidine rings is 1. The molecule has 5 atom stereocenters. The molecule has 2 saturated carbocycles. The summed E-state index contributed by atoms with van der Waals surface area (Å²) in [5.74, 6) is 2.68. The van der Waals surface area contributed by atoms with Gasteiger partial charge >= 0.3 is 0 Å². The van der Waals surface area contributed by atoms with Crippen LogP contribution in [0.5, 0.6) is 11.5 Å². The van der Waals surface area contributed by atoms with Crippen LogP contribution in [0.15, 0.2) is 12.1 Å². The Morgan fingerprint density at radius 1 is 1.12 bits per heavy atom. The predicted octanol–water partition coefficient (Wildman–Crippen LogP) is 3.53. The van der Waals surface area contributed by atoms with Gasteiger partial charge in [-0.25, -0.2) is 0 Å². The Morgan fingerprint density at radius 2 is 1.88 bits per heavy atom. The van der Waals surface area contributed by atoms with Crippen LogP contribution in [-0.2, 0) is 11.8 Å². The van der Waals surface area contributed by atoms with Crippen molar-refractivity contribution in [1.82, 2.24) is 9.80 Å². The van der Waals surface area contributed by atoms with Crippen LogP contribution in [0, 0.1) is 5.92 Å². The van der Waals surface area contributed by atoms with E-state index in [1.54, 1.807) is 6.07 Å². The molecule has 0 radical (unpaired) electrons. The highest BCUT2D eigenvalue weighted by Crippen LogP contribution is 2.66. The molecule has 6 rings (SSSR count). The first-order chi connectivity index (χ1) is 15.0. The second-order valence-corrected chi connectivity index (χ2v) is 11.1. The van der Waals surface area contributed by atoms with Crippen LogP contribution in [-0.4, -0.2) is 81.7 Å². The van der Waals surface area contributed by atoms with Crippen molar-refractivity contribution in [2.45, 2.75) is 67.7 Å². The van der Waals surface area contributed by atoms with Gasteiger partial charge in [0.05, 0.1) is 11.0 Å². The normalized spacial score (nSPS) is 37.1. The van der Waals surface area contributed by atoms with Crippen molar-refractivity contribution in [3.8, 4) is 11.5 Å². The summed E-state index contributed by atoms with van der Waals surface area (Å²) in [6, 6.07) is 4.09. The number of likely N-dealkylation sites (tertiary alicyclic amines) is 1. The lowest BCUT2D eigenvalue weighted by atomic mass is 9.48. The molecular formula is C24H33Cl3N2O3. The van der Waals surface area contributed by atoms with Gasteiger partial charge in [0, 0.05) is 49.0 Å². The van der Waals surface area contributed by atoms with Crippen molar-refractivity contribution in [2.24, 2.45) is 5.92 Å². The van der Waals surface area contributed by atoms with Crippen molar-refractivity contribution in [1.29, 1.82) is 0 Å². The van der Waals surface area contributed by atoms with Crippen molar-refractivity contribution >= 4 is 35.6 Å². The van der Waals surface area contributed by atoms with E-state index in [0.29, 0.717) is 17.5 Å². The second kappa shape index (κ2) is 8.35. The number of phenolic OH excluding ortho intramolecular Hbond substituents is 1. The smallest absolute Gasteiger partial charge is 0.165 e. The minimum atomic E-state index is -0.832. The minimum absolute atomic E-state index is 0. The van der Waals surface area contributed by atoms with Crippen LogP contribution >= 0.6 is 35.6 Å². The van der Waals surface area contributed by atoms with Gasteiger partial charge in [-0.3, -0.25) is 9.80 Å². The highest BCUT2D eigenvalue weighted by molar-refractivity contribution is 6.18. The van der Waals surface area contributed by atoms with Gasteiger partial charge in [0.1, 0.15) is 6.10 Å². The number of hydrogen-bond donors (Lipinski definition) is 2. The summed E-state index contributed by atoms with van der Waals surface area (Å²) < 4.78 is 6.63. The van der Waals surface area contributed by atoms with Crippen LogP contribution in [0.2, 0.25) is 0 Å². The highest BCUT2D eigenvalue weighted by Gasteiger charge is 2.73. The molecule has 8 heteroatoms. The van der Waals surface area contributed by atoms with Gasteiger partial charge in [0.25, 0.3) is 0 Å². The number of ether oxygens (including phenoxy) is 1. The van der Waals surface area contributed by atoms with Crippen LogP contribution in [0.3, 0.4) is 0 Å². The molecule has 0 aromatic heterocycles. The van der Waals surface area contributed by atoms with Gasteiger partial charge in [-0.2, -0.15) is 0 Å². The first-order valence-corrected chi connectivity index (χ1v) is 12.9. The molecule has 1 aromatic rings. The number of aliphatic hydroxyl groups is 1. The zero-order valence-electron chi connectivity index (χ0n) is 18.3. The Bertz CT molecular complexity index is 878. The highest BCUT2D eigenvalue weighted by atomic mass is 35.5. The van der Waals surface area contributed by atoms with Crippen molar-refractivity contribution in [3.05, 3.63) is 23.3 Å². The summed E-state index contributed by atoms with van der Waals surface area (Å²) in [4.78, 5) is 4.92. The Hall–Kier alpha value is -0.430. The molecule has 3 fully saturated rings. The third kappa shape index (κ3) is 3.08. The van der Waals surface area contributed by atoms with Gasteiger partial charge in [0.2, 0.25) is 0 Å². The number of benzene rings is 1. The monoisotopic (exact) mass is 502 g/mol. The van der Waals surface area contributed by atoms with E-state index in [-0.39, 0.29) is 36.3 Å². The molecular weight excluding hydrogens is 471 g/mol. The molecule has 32 heavy (non-hydrogen) atoms. The zero-order valence-corrected chi connectivity index (χ0v) is 20.6. The van der Waals surface area contributed by atoms with Gasteiger partial charge in [-0.05, 0) is 62.6 Å². The predicted molar refractivity (Wildman–Crippen MR) is 129 cm³/mol. The van der Waals surface area contributed by atoms with E-state index < -0.39 is 11.0 Å². The number of nitrogens with zero attached hydrogens (tertiary/aromatic N) is 2. The third-order valence-corrected chi connectivity index (χ3v) is 9.28. The first kappa shape index (κ1) is 23.3. The quantitative estimate of drug-likeness (QED) is 0.558. The van der Waals surface area contributed by atoms with Crippen LogP contribution < -0.4 is 4.74 Å². The standard InChI is InChI=1S/C24H32Cl2N2O3.ClH/c25-8-11-27(12-9-26)17-5-6-24(30)19-13-16-3-4-18(29)21-20(16)23(24,22(17)31-21)7-10-28(19)14-15-1-2-15;/h3-4,15,17,19,22,29-30H,1-2,5-14H2;1H/t17-,19-,22+,23+,24-;/m1./s1. The second-order valence-electron chi connectivity index (χ2n) is 10.3. The fourth-order valence-corrected chi connectivity index (χ4v) is 7.92.